The van der Waals surface area contributed by atoms with Crippen molar-refractivity contribution in [2.45, 2.75) is 5.16 Å². The number of thioether (sulfide) groups is 1. The minimum atomic E-state index is 0.349. The Morgan fingerprint density at radius 3 is 2.49 bits per heavy atom. The molecule has 0 aliphatic carbocycles. The number of aromatic amines is 2. The van der Waals surface area contributed by atoms with Gasteiger partial charge in [-0.05, 0) is 36.6 Å². The van der Waals surface area contributed by atoms with Crippen LogP contribution in [0.3, 0.4) is 0 Å². The Labute approximate surface area is 223 Å². The Morgan fingerprint density at radius 2 is 1.71 bits per heavy atom. The number of nitrogens with zero attached hydrogens (tertiary/aromatic N) is 3. The number of imidazole rings is 2. The van der Waals surface area contributed by atoms with Crippen LogP contribution < -0.4 is 4.74 Å². The molecule has 11 heteroatoms. The average molecular weight is 561 g/mol. The average Bonchev–Trinajstić information content (AvgIpc) is 3.61. The molecule has 0 radical (unpaired) electrons. The Hall–Kier alpha value is -2.75. The minimum absolute atomic E-state index is 0.349. The second kappa shape index (κ2) is 10.5. The van der Waals surface area contributed by atoms with E-state index in [1.807, 2.05) is 41.4 Å². The summed E-state index contributed by atoms with van der Waals surface area (Å²) in [6, 6.07) is 16.7. The molecule has 3 heterocycles. The highest BCUT2D eigenvalue weighted by molar-refractivity contribution is 7.98. The standard InChI is InChI=1S/C14H9Cl3N2OS.C10H7N3S/c1-21-14-18-9-5-8(16)12(6-10(9)19-14)20-11-4-2-3-7(15)13(11)17;1-2-4-8-7(3-1)12-10(13-8)9-5-14-6-11-9/h2-6H,1H3,(H,18,19);1-6H,(H,12,13). The van der Waals surface area contributed by atoms with Crippen molar-refractivity contribution < 1.29 is 4.74 Å². The molecule has 0 bridgehead atoms. The zero-order valence-electron chi connectivity index (χ0n) is 18.1. The first-order valence-corrected chi connectivity index (χ1v) is 13.5. The van der Waals surface area contributed by atoms with Crippen molar-refractivity contribution in [3.05, 3.63) is 80.6 Å². The number of fused-ring (bicyclic) bond motifs is 2. The molecule has 2 N–H and O–H groups in total. The summed E-state index contributed by atoms with van der Waals surface area (Å²) in [7, 11) is 0. The maximum absolute atomic E-state index is 6.24. The van der Waals surface area contributed by atoms with Crippen LogP contribution in [0.1, 0.15) is 0 Å². The molecule has 6 rings (SSSR count). The summed E-state index contributed by atoms with van der Waals surface area (Å²) in [6.07, 6.45) is 1.95. The van der Waals surface area contributed by atoms with Crippen LogP contribution in [0, 0.1) is 0 Å². The molecule has 0 unspecified atom stereocenters. The van der Waals surface area contributed by atoms with Gasteiger partial charge < -0.3 is 14.7 Å². The Morgan fingerprint density at radius 1 is 0.857 bits per heavy atom. The third-order valence-corrected chi connectivity index (χ3v) is 7.17. The highest BCUT2D eigenvalue weighted by atomic mass is 35.5. The van der Waals surface area contributed by atoms with Gasteiger partial charge in [-0.1, -0.05) is 64.8 Å². The number of hydrogen-bond acceptors (Lipinski definition) is 6. The molecule has 0 aliphatic rings. The van der Waals surface area contributed by atoms with Crippen LogP contribution in [-0.4, -0.2) is 31.2 Å². The third-order valence-electron chi connectivity index (χ3n) is 4.91. The van der Waals surface area contributed by atoms with Gasteiger partial charge in [0.2, 0.25) is 0 Å². The van der Waals surface area contributed by atoms with Crippen LogP contribution in [-0.2, 0) is 0 Å². The summed E-state index contributed by atoms with van der Waals surface area (Å²) in [5.41, 5.74) is 6.38. The number of aromatic nitrogens is 5. The normalized spacial score (nSPS) is 11.0. The molecule has 176 valence electrons. The number of nitrogens with one attached hydrogen (secondary N) is 2. The van der Waals surface area contributed by atoms with Crippen molar-refractivity contribution in [1.29, 1.82) is 0 Å². The number of rotatable bonds is 4. The molecule has 35 heavy (non-hydrogen) atoms. The maximum atomic E-state index is 6.24. The van der Waals surface area contributed by atoms with E-state index in [4.69, 9.17) is 39.5 Å². The number of benzene rings is 3. The molecule has 6 nitrogen and oxygen atoms in total. The van der Waals surface area contributed by atoms with Crippen molar-refractivity contribution in [1.82, 2.24) is 24.9 Å². The zero-order valence-corrected chi connectivity index (χ0v) is 22.0. The SMILES string of the molecule is CSc1nc2cc(Oc3cccc(Cl)c3Cl)c(Cl)cc2[nH]1.c1ccc2[nH]c(-c3cscn3)nc2c1. The zero-order chi connectivity index (χ0) is 24.4. The third kappa shape index (κ3) is 5.27. The van der Waals surface area contributed by atoms with Crippen molar-refractivity contribution in [3.8, 4) is 23.0 Å². The van der Waals surface area contributed by atoms with E-state index in [2.05, 4.69) is 24.9 Å². The number of para-hydroxylation sites is 2. The number of hydrogen-bond donors (Lipinski definition) is 2. The first kappa shape index (κ1) is 24.0. The Kier molecular flexibility index (Phi) is 7.17. The molecule has 6 aromatic rings. The van der Waals surface area contributed by atoms with Crippen LogP contribution >= 0.6 is 57.9 Å². The van der Waals surface area contributed by atoms with Gasteiger partial charge in [0.25, 0.3) is 0 Å². The van der Waals surface area contributed by atoms with Crippen LogP contribution in [0.2, 0.25) is 15.1 Å². The first-order valence-electron chi connectivity index (χ1n) is 10.2. The number of ether oxygens (including phenoxy) is 1. The van der Waals surface area contributed by atoms with Gasteiger partial charge in [-0.2, -0.15) is 0 Å². The topological polar surface area (TPSA) is 79.5 Å². The van der Waals surface area contributed by atoms with Gasteiger partial charge in [0.05, 0.1) is 37.6 Å². The molecule has 0 amide bonds. The molecular weight excluding hydrogens is 545 g/mol. The van der Waals surface area contributed by atoms with Gasteiger partial charge in [0.15, 0.2) is 11.0 Å². The highest BCUT2D eigenvalue weighted by Crippen LogP contribution is 2.38. The van der Waals surface area contributed by atoms with Gasteiger partial charge in [0, 0.05) is 11.4 Å². The second-order valence-electron chi connectivity index (χ2n) is 7.18. The lowest BCUT2D eigenvalue weighted by Gasteiger charge is -2.09. The van der Waals surface area contributed by atoms with E-state index in [0.717, 1.165) is 38.7 Å². The largest absolute Gasteiger partial charge is 0.454 e. The molecule has 0 fully saturated rings. The predicted octanol–water partition coefficient (Wildman–Crippen LogP) is 8.72. The predicted molar refractivity (Wildman–Crippen MR) is 147 cm³/mol. The monoisotopic (exact) mass is 559 g/mol. The van der Waals surface area contributed by atoms with Gasteiger partial charge in [0.1, 0.15) is 22.2 Å². The van der Waals surface area contributed by atoms with Gasteiger partial charge in [-0.15, -0.1) is 11.3 Å². The van der Waals surface area contributed by atoms with Crippen LogP contribution in [0.5, 0.6) is 11.5 Å². The van der Waals surface area contributed by atoms with E-state index in [1.165, 1.54) is 11.8 Å². The quantitative estimate of drug-likeness (QED) is 0.211. The fourth-order valence-electron chi connectivity index (χ4n) is 3.25. The van der Waals surface area contributed by atoms with E-state index in [9.17, 15) is 0 Å². The summed E-state index contributed by atoms with van der Waals surface area (Å²) in [4.78, 5) is 19.5. The lowest BCUT2D eigenvalue weighted by atomic mass is 10.3. The number of H-pyrrole nitrogens is 2. The maximum Gasteiger partial charge on any atom is 0.166 e. The molecule has 3 aromatic heterocycles. The fraction of sp³-hybridized carbons (Fsp3) is 0.0417. The number of thiazole rings is 1. The summed E-state index contributed by atoms with van der Waals surface area (Å²) >= 11 is 21.4. The molecule has 0 spiro atoms. The van der Waals surface area contributed by atoms with Gasteiger partial charge in [-0.25, -0.2) is 15.0 Å². The molecule has 0 saturated heterocycles. The van der Waals surface area contributed by atoms with E-state index in [1.54, 1.807) is 41.7 Å². The summed E-state index contributed by atoms with van der Waals surface area (Å²) < 4.78 is 5.76. The fourth-order valence-corrected chi connectivity index (χ4v) is 4.72. The summed E-state index contributed by atoms with van der Waals surface area (Å²) in [6.45, 7) is 0. The molecular formula is C24H16Cl3N5OS2. The van der Waals surface area contributed by atoms with Crippen molar-refractivity contribution in [2.75, 3.05) is 6.26 Å². The van der Waals surface area contributed by atoms with E-state index >= 15 is 0 Å². The molecule has 0 atom stereocenters. The van der Waals surface area contributed by atoms with Crippen LogP contribution in [0.15, 0.2) is 70.6 Å². The second-order valence-corrected chi connectivity index (χ2v) is 9.88. The molecule has 0 saturated carbocycles. The van der Waals surface area contributed by atoms with E-state index < -0.39 is 0 Å². The van der Waals surface area contributed by atoms with Gasteiger partial charge >= 0.3 is 0 Å². The van der Waals surface area contributed by atoms with Crippen molar-refractivity contribution >= 4 is 80.0 Å². The van der Waals surface area contributed by atoms with Crippen molar-refractivity contribution in [2.24, 2.45) is 0 Å². The number of halogens is 3. The summed E-state index contributed by atoms with van der Waals surface area (Å²) in [5, 5.41) is 4.05. The molecule has 3 aromatic carbocycles. The lowest BCUT2D eigenvalue weighted by molar-refractivity contribution is 0.484. The summed E-state index contributed by atoms with van der Waals surface area (Å²) in [5.74, 6) is 1.77. The Balaban J connectivity index is 0.000000156. The van der Waals surface area contributed by atoms with Crippen LogP contribution in [0.4, 0.5) is 0 Å². The minimum Gasteiger partial charge on any atom is -0.454 e. The lowest BCUT2D eigenvalue weighted by Crippen LogP contribution is -1.87. The first-order chi connectivity index (χ1) is 17.0. The highest BCUT2D eigenvalue weighted by Gasteiger charge is 2.12. The van der Waals surface area contributed by atoms with Crippen molar-refractivity contribution in [3.63, 3.8) is 0 Å². The smallest absolute Gasteiger partial charge is 0.166 e. The Bertz CT molecular complexity index is 1580. The van der Waals surface area contributed by atoms with E-state index in [0.29, 0.717) is 26.6 Å². The van der Waals surface area contributed by atoms with E-state index in [-0.39, 0.29) is 0 Å². The molecule has 0 aliphatic heterocycles. The van der Waals surface area contributed by atoms with Crippen LogP contribution in [0.25, 0.3) is 33.6 Å². The van der Waals surface area contributed by atoms with Gasteiger partial charge in [-0.3, -0.25) is 0 Å².